The van der Waals surface area contributed by atoms with Gasteiger partial charge in [0.05, 0.1) is 34.9 Å². The summed E-state index contributed by atoms with van der Waals surface area (Å²) >= 11 is 10.2. The van der Waals surface area contributed by atoms with E-state index >= 15 is 0 Å². The predicted octanol–water partition coefficient (Wildman–Crippen LogP) is 11.5. The Morgan fingerprint density at radius 2 is 0.886 bits per heavy atom. The van der Waals surface area contributed by atoms with Crippen molar-refractivity contribution in [3.63, 3.8) is 0 Å². The second-order valence-electron chi connectivity index (χ2n) is 15.5. The van der Waals surface area contributed by atoms with Crippen molar-refractivity contribution in [2.45, 2.75) is 0 Å². The Bertz CT molecular complexity index is 3750. The molecule has 10 rings (SSSR count). The molecule has 0 saturated heterocycles. The van der Waals surface area contributed by atoms with Crippen LogP contribution in [0.4, 0.5) is 11.4 Å². The van der Waals surface area contributed by atoms with Crippen LogP contribution in [-0.2, 0) is 0 Å². The lowest BCUT2D eigenvalue weighted by atomic mass is 9.97. The van der Waals surface area contributed by atoms with E-state index in [1.165, 1.54) is 46.7 Å². The molecule has 0 spiro atoms. The van der Waals surface area contributed by atoms with Crippen molar-refractivity contribution in [3.8, 4) is 33.8 Å². The molecular weight excluding hydrogens is 925 g/mol. The molecule has 344 valence electrons. The maximum absolute atomic E-state index is 11.3. The largest absolute Gasteiger partial charge is 0.507 e. The molecule has 16 heteroatoms. The Balaban J connectivity index is 0.000000174. The van der Waals surface area contributed by atoms with E-state index in [1.54, 1.807) is 36.4 Å². The van der Waals surface area contributed by atoms with E-state index in [0.29, 0.717) is 33.6 Å². The number of rotatable bonds is 10. The van der Waals surface area contributed by atoms with Gasteiger partial charge in [0, 0.05) is 43.8 Å². The summed E-state index contributed by atoms with van der Waals surface area (Å²) in [6.45, 7) is 0. The molecule has 0 bridgehead atoms. The molecule has 2 aromatic heterocycles. The molecular formula is C54H38N6O8S2. The molecule has 14 nitrogen and oxygen atoms in total. The maximum Gasteiger partial charge on any atom is 0.335 e. The normalized spacial score (nSPS) is 11.3. The zero-order chi connectivity index (χ0) is 49.1. The quantitative estimate of drug-likeness (QED) is 0.0426. The highest BCUT2D eigenvalue weighted by Gasteiger charge is 2.19. The van der Waals surface area contributed by atoms with Gasteiger partial charge in [0.2, 0.25) is 0 Å². The van der Waals surface area contributed by atoms with E-state index in [9.17, 15) is 24.9 Å². The zero-order valence-electron chi connectivity index (χ0n) is 36.5. The van der Waals surface area contributed by atoms with Crippen molar-refractivity contribution in [2.75, 3.05) is 10.0 Å². The Labute approximate surface area is 408 Å². The predicted molar refractivity (Wildman–Crippen MR) is 282 cm³/mol. The Hall–Kier alpha value is -9.38. The number of carbonyl (C=O) groups is 2. The number of hydrogen-bond acceptors (Lipinski definition) is 10. The first-order valence-electron chi connectivity index (χ1n) is 21.3. The molecule has 0 fully saturated rings. The van der Waals surface area contributed by atoms with Gasteiger partial charge in [0.25, 0.3) is 0 Å². The van der Waals surface area contributed by atoms with Gasteiger partial charge in [-0.15, -0.1) is 0 Å². The minimum atomic E-state index is -1.08. The summed E-state index contributed by atoms with van der Waals surface area (Å²) in [5, 5.41) is 55.5. The number of furan rings is 2. The van der Waals surface area contributed by atoms with Crippen LogP contribution in [0.2, 0.25) is 0 Å². The Kier molecular flexibility index (Phi) is 12.7. The fourth-order valence-corrected chi connectivity index (χ4v) is 8.33. The number of anilines is 2. The monoisotopic (exact) mass is 962 g/mol. The SMILES string of the molecule is NC(=S)N(N=Cc1cccc(-c2cccc3oc4ccccc4c23)c1O)c1ccc(C(=O)O)cc1.NC(=S)N(N=Cc1cccc(-c2cccc3oc4ccccc4c23)c1O)c1cccc(C(=O)O)c1. The van der Waals surface area contributed by atoms with Gasteiger partial charge in [-0.3, -0.25) is 0 Å². The number of benzene rings is 8. The highest BCUT2D eigenvalue weighted by molar-refractivity contribution is 7.80. The van der Waals surface area contributed by atoms with Crippen LogP contribution < -0.4 is 21.5 Å². The van der Waals surface area contributed by atoms with Crippen LogP contribution in [-0.4, -0.2) is 55.0 Å². The van der Waals surface area contributed by atoms with Gasteiger partial charge in [-0.25, -0.2) is 19.6 Å². The first-order valence-corrected chi connectivity index (χ1v) is 22.1. The van der Waals surface area contributed by atoms with Gasteiger partial charge in [-0.1, -0.05) is 91.0 Å². The number of carboxylic acids is 2. The highest BCUT2D eigenvalue weighted by atomic mass is 32.1. The fourth-order valence-electron chi connectivity index (χ4n) is 8.02. The second-order valence-corrected chi connectivity index (χ2v) is 16.4. The molecule has 2 heterocycles. The lowest BCUT2D eigenvalue weighted by Gasteiger charge is -2.17. The fraction of sp³-hybridized carbons (Fsp3) is 0. The number of thiocarbonyl (C=S) groups is 2. The average molecular weight is 963 g/mol. The van der Waals surface area contributed by atoms with Gasteiger partial charge in [0.1, 0.15) is 33.8 Å². The third kappa shape index (κ3) is 9.05. The van der Waals surface area contributed by atoms with Crippen LogP contribution >= 0.6 is 24.4 Å². The summed E-state index contributed by atoms with van der Waals surface area (Å²) in [4.78, 5) is 22.5. The number of aromatic carboxylic acids is 2. The van der Waals surface area contributed by atoms with Crippen molar-refractivity contribution in [3.05, 3.63) is 192 Å². The first-order chi connectivity index (χ1) is 33.9. The molecule has 0 radical (unpaired) electrons. The van der Waals surface area contributed by atoms with Gasteiger partial charge in [-0.05, 0) is 114 Å². The number of nitrogens with zero attached hydrogens (tertiary/aromatic N) is 4. The highest BCUT2D eigenvalue weighted by Crippen LogP contribution is 2.42. The van der Waals surface area contributed by atoms with E-state index in [-0.39, 0.29) is 32.9 Å². The van der Waals surface area contributed by atoms with Crippen LogP contribution in [0.25, 0.3) is 66.1 Å². The lowest BCUT2D eigenvalue weighted by molar-refractivity contribution is 0.0686. The topological polar surface area (TPSA) is 225 Å². The molecule has 0 aliphatic carbocycles. The van der Waals surface area contributed by atoms with E-state index in [2.05, 4.69) is 10.2 Å². The van der Waals surface area contributed by atoms with Crippen molar-refractivity contribution < 1.29 is 38.8 Å². The van der Waals surface area contributed by atoms with Crippen LogP contribution in [0.1, 0.15) is 31.8 Å². The molecule has 0 amide bonds. The summed E-state index contributed by atoms with van der Waals surface area (Å²) in [6, 6.07) is 49.8. The number of phenolic OH excluding ortho intramolecular Hbond substituents is 2. The van der Waals surface area contributed by atoms with Crippen molar-refractivity contribution in [1.29, 1.82) is 0 Å². The summed E-state index contributed by atoms with van der Waals surface area (Å²) in [5.74, 6) is -2.05. The number of carboxylic acid groups (broad SMARTS) is 2. The van der Waals surface area contributed by atoms with Gasteiger partial charge in [0.15, 0.2) is 10.2 Å². The zero-order valence-corrected chi connectivity index (χ0v) is 38.1. The summed E-state index contributed by atoms with van der Waals surface area (Å²) < 4.78 is 12.0. The molecule has 8 N–H and O–H groups in total. The molecule has 0 saturated carbocycles. The van der Waals surface area contributed by atoms with Crippen LogP contribution in [0.5, 0.6) is 11.5 Å². The van der Waals surface area contributed by atoms with Crippen molar-refractivity contribution >= 4 is 114 Å². The Morgan fingerprint density at radius 1 is 0.471 bits per heavy atom. The number of phenols is 2. The van der Waals surface area contributed by atoms with Crippen LogP contribution in [0.15, 0.2) is 189 Å². The third-order valence-corrected chi connectivity index (χ3v) is 11.6. The maximum atomic E-state index is 11.3. The average Bonchev–Trinajstić information content (AvgIpc) is 3.94. The third-order valence-electron chi connectivity index (χ3n) is 11.3. The second kappa shape index (κ2) is 19.5. The minimum absolute atomic E-state index is 0.0243. The van der Waals surface area contributed by atoms with Crippen molar-refractivity contribution in [2.24, 2.45) is 21.7 Å². The molecule has 8 aromatic carbocycles. The molecule has 0 atom stereocenters. The molecule has 70 heavy (non-hydrogen) atoms. The molecule has 0 unspecified atom stereocenters. The van der Waals surface area contributed by atoms with E-state index < -0.39 is 11.9 Å². The number of aromatic hydroxyl groups is 2. The number of para-hydroxylation sites is 4. The molecule has 0 aliphatic rings. The van der Waals surface area contributed by atoms with Gasteiger partial charge in [-0.2, -0.15) is 10.2 Å². The Morgan fingerprint density at radius 3 is 1.36 bits per heavy atom. The smallest absolute Gasteiger partial charge is 0.335 e. The van der Waals surface area contributed by atoms with Crippen LogP contribution in [0.3, 0.4) is 0 Å². The summed E-state index contributed by atoms with van der Waals surface area (Å²) in [6.07, 6.45) is 2.88. The van der Waals surface area contributed by atoms with E-state index in [1.807, 2.05) is 109 Å². The lowest BCUT2D eigenvalue weighted by Crippen LogP contribution is -2.31. The number of hydrogen-bond donors (Lipinski definition) is 6. The minimum Gasteiger partial charge on any atom is -0.507 e. The molecule has 10 aromatic rings. The van der Waals surface area contributed by atoms with Crippen molar-refractivity contribution in [1.82, 2.24) is 0 Å². The van der Waals surface area contributed by atoms with Gasteiger partial charge >= 0.3 is 11.9 Å². The number of nitrogens with two attached hydrogens (primary N) is 2. The molecule has 0 aliphatic heterocycles. The van der Waals surface area contributed by atoms with Crippen LogP contribution in [0, 0.1) is 0 Å². The summed E-state index contributed by atoms with van der Waals surface area (Å²) in [5.41, 5.74) is 19.5. The van der Waals surface area contributed by atoms with E-state index in [0.717, 1.165) is 55.0 Å². The van der Waals surface area contributed by atoms with Gasteiger partial charge < -0.3 is 40.7 Å². The first kappa shape index (κ1) is 45.8. The standard InChI is InChI=1S/2C27H19N3O4S/c28-27(35)30(18-8-3-6-16(14-18)26(32)33)29-15-17-7-4-11-20(25(17)31)19-10-5-13-23-24(19)21-9-1-2-12-22(21)34-23;28-27(35)30(18-13-11-16(12-14-18)26(32)33)29-15-17-5-3-8-20(25(17)31)19-7-4-10-23-24(19)21-6-1-2-9-22(21)34-23/h2*1-15,31H,(H2,28,35)(H,32,33). The summed E-state index contributed by atoms with van der Waals surface area (Å²) in [7, 11) is 0. The number of fused-ring (bicyclic) bond motifs is 6. The number of hydrazone groups is 2. The van der Waals surface area contributed by atoms with E-state index in [4.69, 9.17) is 49.8 Å².